The molecule has 0 radical (unpaired) electrons. The van der Waals surface area contributed by atoms with Crippen molar-refractivity contribution < 1.29 is 19.0 Å². The van der Waals surface area contributed by atoms with Gasteiger partial charge in [0.1, 0.15) is 12.4 Å². The van der Waals surface area contributed by atoms with Crippen molar-refractivity contribution in [3.8, 4) is 16.9 Å². The van der Waals surface area contributed by atoms with E-state index in [0.29, 0.717) is 26.2 Å². The molecule has 3 aromatic rings. The fraction of sp³-hybridized carbons (Fsp3) is 0.269. The van der Waals surface area contributed by atoms with E-state index in [1.165, 1.54) is 0 Å². The van der Waals surface area contributed by atoms with Crippen molar-refractivity contribution in [2.45, 2.75) is 26.4 Å². The zero-order valence-corrected chi connectivity index (χ0v) is 18.3. The highest BCUT2D eigenvalue weighted by atomic mass is 16.6. The van der Waals surface area contributed by atoms with Crippen molar-refractivity contribution in [3.05, 3.63) is 84.0 Å². The molecule has 0 saturated heterocycles. The van der Waals surface area contributed by atoms with Crippen LogP contribution in [0.2, 0.25) is 0 Å². The summed E-state index contributed by atoms with van der Waals surface area (Å²) >= 11 is 0. The first-order valence-electron chi connectivity index (χ1n) is 10.8. The van der Waals surface area contributed by atoms with Crippen molar-refractivity contribution in [3.63, 3.8) is 0 Å². The van der Waals surface area contributed by atoms with E-state index in [-0.39, 0.29) is 5.97 Å². The fourth-order valence-electron chi connectivity index (χ4n) is 3.78. The lowest BCUT2D eigenvalue weighted by atomic mass is 10.1. The second-order valence-corrected chi connectivity index (χ2v) is 7.27. The average molecular weight is 431 g/mol. The molecule has 0 fully saturated rings. The molecule has 6 heteroatoms. The van der Waals surface area contributed by atoms with Gasteiger partial charge in [-0.2, -0.15) is 0 Å². The van der Waals surface area contributed by atoms with E-state index in [4.69, 9.17) is 14.2 Å². The van der Waals surface area contributed by atoms with Crippen molar-refractivity contribution in [2.75, 3.05) is 19.8 Å². The number of fused-ring (bicyclic) bond motifs is 3. The van der Waals surface area contributed by atoms with Crippen molar-refractivity contribution in [2.24, 2.45) is 0 Å². The highest BCUT2D eigenvalue weighted by Crippen LogP contribution is 2.41. The predicted molar refractivity (Wildman–Crippen MR) is 122 cm³/mol. The number of carbonyl (C=O) groups is 1. The molecule has 32 heavy (non-hydrogen) atoms. The van der Waals surface area contributed by atoms with E-state index in [1.54, 1.807) is 19.3 Å². The topological polar surface area (TPSA) is 70.5 Å². The monoisotopic (exact) mass is 430 g/mol. The number of carbonyl (C=O) groups excluding carboxylic acids is 1. The van der Waals surface area contributed by atoms with Gasteiger partial charge in [-0.3, -0.25) is 9.97 Å². The first kappa shape index (κ1) is 21.7. The van der Waals surface area contributed by atoms with Crippen molar-refractivity contribution >= 4 is 11.5 Å². The first-order chi connectivity index (χ1) is 15.7. The standard InChI is InChI=1S/C26H26N2O4/c1-3-30-23(26(29)31-4-2)17-18-9-11-19(12-10-18)32-16-13-22-24-20(7-5-14-27-24)21-8-6-15-28-25(21)22/h5-15,23H,3-4,16-17H2,1-2H3. The van der Waals surface area contributed by atoms with Crippen LogP contribution in [0.3, 0.4) is 0 Å². The molecular formula is C26H26N2O4. The van der Waals surface area contributed by atoms with Crippen LogP contribution in [-0.2, 0) is 20.7 Å². The van der Waals surface area contributed by atoms with Crippen LogP contribution in [0.1, 0.15) is 30.8 Å². The summed E-state index contributed by atoms with van der Waals surface area (Å²) < 4.78 is 16.6. The maximum absolute atomic E-state index is 12.1. The van der Waals surface area contributed by atoms with Crippen LogP contribution in [0, 0.1) is 0 Å². The summed E-state index contributed by atoms with van der Waals surface area (Å²) in [6.07, 6.45) is 5.47. The fourth-order valence-corrected chi connectivity index (χ4v) is 3.78. The minimum Gasteiger partial charge on any atom is -0.490 e. The molecule has 1 aromatic carbocycles. The number of rotatable bonds is 9. The number of hydrogen-bond acceptors (Lipinski definition) is 6. The van der Waals surface area contributed by atoms with Crippen LogP contribution in [0.25, 0.3) is 16.7 Å². The maximum atomic E-state index is 12.1. The third-order valence-corrected chi connectivity index (χ3v) is 5.22. The molecule has 1 aliphatic carbocycles. The Balaban J connectivity index is 1.42. The lowest BCUT2D eigenvalue weighted by Crippen LogP contribution is -2.28. The van der Waals surface area contributed by atoms with Crippen LogP contribution in [0.4, 0.5) is 0 Å². The lowest BCUT2D eigenvalue weighted by Gasteiger charge is -2.15. The third-order valence-electron chi connectivity index (χ3n) is 5.22. The van der Waals surface area contributed by atoms with Crippen molar-refractivity contribution in [1.82, 2.24) is 9.97 Å². The highest BCUT2D eigenvalue weighted by molar-refractivity contribution is 5.98. The van der Waals surface area contributed by atoms with Gasteiger partial charge in [-0.1, -0.05) is 24.3 Å². The van der Waals surface area contributed by atoms with E-state index < -0.39 is 6.10 Å². The van der Waals surface area contributed by atoms with E-state index in [9.17, 15) is 4.79 Å². The molecule has 1 unspecified atom stereocenters. The average Bonchev–Trinajstić information content (AvgIpc) is 3.14. The number of pyridine rings is 2. The molecule has 0 amide bonds. The number of benzene rings is 1. The van der Waals surface area contributed by atoms with E-state index >= 15 is 0 Å². The molecule has 2 heterocycles. The predicted octanol–water partition coefficient (Wildman–Crippen LogP) is 4.48. The van der Waals surface area contributed by atoms with Gasteiger partial charge in [0.25, 0.3) is 0 Å². The quantitative estimate of drug-likeness (QED) is 0.365. The summed E-state index contributed by atoms with van der Waals surface area (Å²) in [5, 5.41) is 0. The van der Waals surface area contributed by atoms with Gasteiger partial charge in [0.2, 0.25) is 0 Å². The molecular weight excluding hydrogens is 404 g/mol. The summed E-state index contributed by atoms with van der Waals surface area (Å²) in [6, 6.07) is 15.7. The molecule has 0 spiro atoms. The molecule has 0 saturated carbocycles. The number of esters is 1. The van der Waals surface area contributed by atoms with Crippen LogP contribution in [-0.4, -0.2) is 41.9 Å². The Morgan fingerprint density at radius 1 is 0.938 bits per heavy atom. The molecule has 2 aromatic heterocycles. The van der Waals surface area contributed by atoms with E-state index in [1.807, 2.05) is 49.4 Å². The Kier molecular flexibility index (Phi) is 6.92. The molecule has 6 nitrogen and oxygen atoms in total. The number of ether oxygens (including phenoxy) is 3. The van der Waals surface area contributed by atoms with Gasteiger partial charge < -0.3 is 14.2 Å². The van der Waals surface area contributed by atoms with Gasteiger partial charge in [0.15, 0.2) is 6.10 Å². The second kappa shape index (κ2) is 10.2. The Morgan fingerprint density at radius 3 is 2.19 bits per heavy atom. The number of hydrogen-bond donors (Lipinski definition) is 0. The summed E-state index contributed by atoms with van der Waals surface area (Å²) in [7, 11) is 0. The normalized spacial score (nSPS) is 12.6. The van der Waals surface area contributed by atoms with Gasteiger partial charge in [0, 0.05) is 42.1 Å². The van der Waals surface area contributed by atoms with Gasteiger partial charge >= 0.3 is 5.97 Å². The summed E-state index contributed by atoms with van der Waals surface area (Å²) in [5.74, 6) is 0.413. The zero-order valence-electron chi connectivity index (χ0n) is 18.3. The minimum absolute atomic E-state index is 0.333. The first-order valence-corrected chi connectivity index (χ1v) is 10.8. The lowest BCUT2D eigenvalue weighted by molar-refractivity contribution is -0.156. The molecule has 0 N–H and O–H groups in total. The smallest absolute Gasteiger partial charge is 0.335 e. The van der Waals surface area contributed by atoms with Gasteiger partial charge in [-0.05, 0) is 49.8 Å². The summed E-state index contributed by atoms with van der Waals surface area (Å²) in [6.45, 7) is 4.84. The minimum atomic E-state index is -0.598. The van der Waals surface area contributed by atoms with E-state index in [0.717, 1.165) is 39.4 Å². The molecule has 164 valence electrons. The van der Waals surface area contributed by atoms with Crippen LogP contribution < -0.4 is 4.74 Å². The SMILES string of the molecule is CCOC(=O)C(Cc1ccc(OCC=C2c3ncccc3-c3cccnc32)cc1)OCC. The Labute approximate surface area is 187 Å². The summed E-state index contributed by atoms with van der Waals surface area (Å²) in [4.78, 5) is 21.2. The largest absolute Gasteiger partial charge is 0.490 e. The zero-order chi connectivity index (χ0) is 22.3. The van der Waals surface area contributed by atoms with Crippen LogP contribution in [0.5, 0.6) is 5.75 Å². The van der Waals surface area contributed by atoms with Gasteiger partial charge in [-0.25, -0.2) is 4.79 Å². The van der Waals surface area contributed by atoms with Crippen molar-refractivity contribution in [1.29, 1.82) is 0 Å². The van der Waals surface area contributed by atoms with Crippen LogP contribution in [0.15, 0.2) is 67.0 Å². The second-order valence-electron chi connectivity index (χ2n) is 7.27. The Hall–Kier alpha value is -3.51. The summed E-state index contributed by atoms with van der Waals surface area (Å²) in [5.41, 5.74) is 6.02. The van der Waals surface area contributed by atoms with Gasteiger partial charge in [0.05, 0.1) is 18.0 Å². The maximum Gasteiger partial charge on any atom is 0.335 e. The highest BCUT2D eigenvalue weighted by Gasteiger charge is 2.25. The molecule has 1 aliphatic rings. The third kappa shape index (κ3) is 4.70. The number of aromatic nitrogens is 2. The van der Waals surface area contributed by atoms with E-state index in [2.05, 4.69) is 22.1 Å². The Bertz CT molecular complexity index is 1060. The molecule has 4 rings (SSSR count). The molecule has 1 atom stereocenters. The molecule has 0 aliphatic heterocycles. The molecule has 0 bridgehead atoms. The van der Waals surface area contributed by atoms with Gasteiger partial charge in [-0.15, -0.1) is 0 Å². The number of nitrogens with zero attached hydrogens (tertiary/aromatic N) is 2. The Morgan fingerprint density at radius 2 is 1.59 bits per heavy atom. The van der Waals surface area contributed by atoms with Crippen LogP contribution >= 0.6 is 0 Å².